The van der Waals surface area contributed by atoms with E-state index in [1.807, 2.05) is 6.07 Å². The molecule has 5 heteroatoms. The fourth-order valence-electron chi connectivity index (χ4n) is 3.63. The fourth-order valence-corrected chi connectivity index (χ4v) is 5.25. The Labute approximate surface area is 127 Å². The Morgan fingerprint density at radius 2 is 1.57 bits per heavy atom. The third-order valence-corrected chi connectivity index (χ3v) is 6.53. The van der Waals surface area contributed by atoms with Gasteiger partial charge in [0, 0.05) is 32.2 Å². The second kappa shape index (κ2) is 5.71. The summed E-state index contributed by atoms with van der Waals surface area (Å²) in [4.78, 5) is 2.91. The minimum Gasteiger partial charge on any atom is -0.300 e. The highest BCUT2D eigenvalue weighted by atomic mass is 32.2. The summed E-state index contributed by atoms with van der Waals surface area (Å²) in [6.45, 7) is 7.82. The summed E-state index contributed by atoms with van der Waals surface area (Å²) in [5, 5.41) is 0. The third kappa shape index (κ3) is 3.00. The Balaban J connectivity index is 1.78. The van der Waals surface area contributed by atoms with Crippen molar-refractivity contribution in [3.63, 3.8) is 0 Å². The lowest BCUT2D eigenvalue weighted by Crippen LogP contribution is -2.55. The van der Waals surface area contributed by atoms with Crippen LogP contribution in [-0.4, -0.2) is 49.8 Å². The Morgan fingerprint density at radius 3 is 2.10 bits per heavy atom. The number of benzene rings is 1. The van der Waals surface area contributed by atoms with E-state index in [-0.39, 0.29) is 0 Å². The molecule has 0 N–H and O–H groups in total. The first kappa shape index (κ1) is 15.0. The molecule has 1 aromatic carbocycles. The summed E-state index contributed by atoms with van der Waals surface area (Å²) >= 11 is 0. The van der Waals surface area contributed by atoms with Gasteiger partial charge in [0.2, 0.25) is 10.0 Å². The second-order valence-corrected chi connectivity index (χ2v) is 8.59. The van der Waals surface area contributed by atoms with Crippen LogP contribution in [0.25, 0.3) is 0 Å². The highest BCUT2D eigenvalue weighted by Gasteiger charge is 2.39. The molecule has 2 aliphatic heterocycles. The lowest BCUT2D eigenvalue weighted by atomic mass is 9.85. The van der Waals surface area contributed by atoms with Crippen LogP contribution in [0, 0.1) is 11.8 Å². The molecule has 2 atom stereocenters. The summed E-state index contributed by atoms with van der Waals surface area (Å²) in [5.41, 5.74) is 0. The lowest BCUT2D eigenvalue weighted by molar-refractivity contribution is 0.0465. The molecule has 2 bridgehead atoms. The van der Waals surface area contributed by atoms with Gasteiger partial charge in [-0.1, -0.05) is 18.2 Å². The molecule has 0 aromatic heterocycles. The number of hydrogen-bond donors (Lipinski definition) is 0. The van der Waals surface area contributed by atoms with Gasteiger partial charge in [-0.3, -0.25) is 0 Å². The van der Waals surface area contributed by atoms with E-state index in [9.17, 15) is 8.42 Å². The molecule has 2 aliphatic rings. The molecule has 0 saturated carbocycles. The van der Waals surface area contributed by atoms with Gasteiger partial charge in [-0.05, 0) is 44.2 Å². The van der Waals surface area contributed by atoms with Crippen LogP contribution in [0.1, 0.15) is 20.3 Å². The van der Waals surface area contributed by atoms with Crippen LogP contribution < -0.4 is 0 Å². The van der Waals surface area contributed by atoms with Gasteiger partial charge in [-0.2, -0.15) is 4.31 Å². The maximum absolute atomic E-state index is 12.7. The Kier molecular flexibility index (Phi) is 4.08. The summed E-state index contributed by atoms with van der Waals surface area (Å²) < 4.78 is 27.2. The van der Waals surface area contributed by atoms with Crippen LogP contribution in [0.3, 0.4) is 0 Å². The van der Waals surface area contributed by atoms with Crippen molar-refractivity contribution >= 4 is 10.0 Å². The normalized spacial score (nSPS) is 28.0. The van der Waals surface area contributed by atoms with Gasteiger partial charge < -0.3 is 4.90 Å². The van der Waals surface area contributed by atoms with Crippen molar-refractivity contribution in [2.24, 2.45) is 11.8 Å². The van der Waals surface area contributed by atoms with Gasteiger partial charge in [0.25, 0.3) is 0 Å². The first-order chi connectivity index (χ1) is 9.96. The fraction of sp³-hybridized carbons (Fsp3) is 0.625. The molecule has 3 rings (SSSR count). The van der Waals surface area contributed by atoms with E-state index in [1.165, 1.54) is 6.42 Å². The van der Waals surface area contributed by atoms with E-state index in [2.05, 4.69) is 18.7 Å². The van der Waals surface area contributed by atoms with Crippen LogP contribution in [0.15, 0.2) is 35.2 Å². The number of piperidine rings is 2. The molecule has 4 nitrogen and oxygen atoms in total. The molecule has 2 unspecified atom stereocenters. The maximum atomic E-state index is 12.7. The van der Waals surface area contributed by atoms with E-state index in [1.54, 1.807) is 28.6 Å². The number of hydrogen-bond acceptors (Lipinski definition) is 3. The third-order valence-electron chi connectivity index (χ3n) is 4.69. The average molecular weight is 308 g/mol. The molecular formula is C16H24N2O2S. The summed E-state index contributed by atoms with van der Waals surface area (Å²) in [5.74, 6) is 0.941. The number of likely N-dealkylation sites (tertiary alicyclic amines) is 1. The maximum Gasteiger partial charge on any atom is 0.243 e. The van der Waals surface area contributed by atoms with E-state index in [0.717, 1.165) is 13.1 Å². The number of sulfonamides is 1. The monoisotopic (exact) mass is 308 g/mol. The van der Waals surface area contributed by atoms with E-state index in [4.69, 9.17) is 0 Å². The molecular weight excluding hydrogens is 284 g/mol. The second-order valence-electron chi connectivity index (χ2n) is 6.65. The molecule has 0 amide bonds. The first-order valence-corrected chi connectivity index (χ1v) is 9.20. The van der Waals surface area contributed by atoms with Crippen LogP contribution in [0.2, 0.25) is 0 Å². The predicted octanol–water partition coefficient (Wildman–Crippen LogP) is 2.04. The van der Waals surface area contributed by atoms with Crippen molar-refractivity contribution in [1.29, 1.82) is 0 Å². The van der Waals surface area contributed by atoms with E-state index in [0.29, 0.717) is 35.9 Å². The van der Waals surface area contributed by atoms with Crippen molar-refractivity contribution in [1.82, 2.24) is 9.21 Å². The number of fused-ring (bicyclic) bond motifs is 2. The van der Waals surface area contributed by atoms with Crippen molar-refractivity contribution in [2.75, 3.05) is 26.2 Å². The Bertz CT molecular complexity index is 572. The van der Waals surface area contributed by atoms with Crippen LogP contribution in [0.5, 0.6) is 0 Å². The molecule has 0 spiro atoms. The Hall–Kier alpha value is -0.910. The topological polar surface area (TPSA) is 40.6 Å². The first-order valence-electron chi connectivity index (χ1n) is 7.76. The zero-order chi connectivity index (χ0) is 15.0. The van der Waals surface area contributed by atoms with Crippen molar-refractivity contribution in [3.05, 3.63) is 30.3 Å². The highest BCUT2D eigenvalue weighted by molar-refractivity contribution is 7.89. The largest absolute Gasteiger partial charge is 0.300 e. The van der Waals surface area contributed by atoms with Gasteiger partial charge in [0.15, 0.2) is 0 Å². The Morgan fingerprint density at radius 1 is 1.00 bits per heavy atom. The van der Waals surface area contributed by atoms with Crippen molar-refractivity contribution < 1.29 is 8.42 Å². The smallest absolute Gasteiger partial charge is 0.243 e. The zero-order valence-corrected chi connectivity index (χ0v) is 13.6. The highest BCUT2D eigenvalue weighted by Crippen LogP contribution is 2.32. The van der Waals surface area contributed by atoms with Gasteiger partial charge in [0.05, 0.1) is 4.90 Å². The minimum absolute atomic E-state index is 0.422. The van der Waals surface area contributed by atoms with Crippen molar-refractivity contribution in [3.8, 4) is 0 Å². The van der Waals surface area contributed by atoms with Gasteiger partial charge in [0.1, 0.15) is 0 Å². The van der Waals surface area contributed by atoms with Crippen LogP contribution in [-0.2, 0) is 10.0 Å². The summed E-state index contributed by atoms with van der Waals surface area (Å²) in [6.07, 6.45) is 1.17. The predicted molar refractivity (Wildman–Crippen MR) is 83.5 cm³/mol. The molecule has 2 saturated heterocycles. The minimum atomic E-state index is -3.33. The van der Waals surface area contributed by atoms with Gasteiger partial charge in [-0.15, -0.1) is 0 Å². The standard InChI is InChI=1S/C16H24N2O2S/c1-13(2)17-9-14-8-15(10-17)12-18(11-14)21(19,20)16-6-4-3-5-7-16/h3-7,13-15H,8-12H2,1-2H3. The molecule has 116 valence electrons. The number of nitrogens with zero attached hydrogens (tertiary/aromatic N) is 2. The van der Waals surface area contributed by atoms with Crippen LogP contribution in [0.4, 0.5) is 0 Å². The summed E-state index contributed by atoms with van der Waals surface area (Å²) in [6, 6.07) is 9.37. The SMILES string of the molecule is CC(C)N1CC2CC(C1)CN(S(=O)(=O)c1ccccc1)C2. The quantitative estimate of drug-likeness (QED) is 0.858. The van der Waals surface area contributed by atoms with E-state index >= 15 is 0 Å². The van der Waals surface area contributed by atoms with E-state index < -0.39 is 10.0 Å². The molecule has 2 fully saturated rings. The molecule has 0 radical (unpaired) electrons. The molecule has 21 heavy (non-hydrogen) atoms. The average Bonchev–Trinajstić information content (AvgIpc) is 2.47. The number of rotatable bonds is 3. The van der Waals surface area contributed by atoms with Crippen molar-refractivity contribution in [2.45, 2.75) is 31.2 Å². The summed E-state index contributed by atoms with van der Waals surface area (Å²) in [7, 11) is -3.33. The van der Waals surface area contributed by atoms with Crippen LogP contribution >= 0.6 is 0 Å². The lowest BCUT2D eigenvalue weighted by Gasteiger charge is -2.46. The zero-order valence-electron chi connectivity index (χ0n) is 12.8. The van der Waals surface area contributed by atoms with Gasteiger partial charge >= 0.3 is 0 Å². The molecule has 1 aromatic rings. The van der Waals surface area contributed by atoms with Gasteiger partial charge in [-0.25, -0.2) is 8.42 Å². The molecule has 2 heterocycles. The molecule has 0 aliphatic carbocycles.